The second kappa shape index (κ2) is 6.82. The molecular weight excluding hydrogens is 184 g/mol. The minimum Gasteiger partial charge on any atom is -0.321 e. The van der Waals surface area contributed by atoms with E-state index in [9.17, 15) is 0 Å². The zero-order chi connectivity index (χ0) is 11.8. The summed E-state index contributed by atoms with van der Waals surface area (Å²) < 4.78 is 1.99. The Bertz CT molecular complexity index is 357. The van der Waals surface area contributed by atoms with E-state index in [2.05, 4.69) is 18.2 Å². The molecule has 0 aromatic carbocycles. The van der Waals surface area contributed by atoms with E-state index >= 15 is 0 Å². The zero-order valence-corrected chi connectivity index (χ0v) is 10.1. The number of hydrogen-bond donors (Lipinski definition) is 0. The molecule has 0 unspecified atom stereocenters. The Labute approximate surface area is 92.7 Å². The van der Waals surface area contributed by atoms with E-state index in [0.29, 0.717) is 0 Å². The third-order valence-corrected chi connectivity index (χ3v) is 1.83. The van der Waals surface area contributed by atoms with Crippen molar-refractivity contribution in [3.05, 3.63) is 36.7 Å². The predicted molar refractivity (Wildman–Crippen MR) is 70.4 cm³/mol. The molecule has 0 saturated carbocycles. The van der Waals surface area contributed by atoms with Crippen LogP contribution in [0.1, 0.15) is 32.0 Å². The van der Waals surface area contributed by atoms with Crippen LogP contribution in [0.2, 0.25) is 0 Å². The maximum atomic E-state index is 3.97. The van der Waals surface area contributed by atoms with E-state index in [-0.39, 0.29) is 0 Å². The largest absolute Gasteiger partial charge is 0.321 e. The van der Waals surface area contributed by atoms with Crippen molar-refractivity contribution in [3.8, 4) is 0 Å². The van der Waals surface area contributed by atoms with Gasteiger partial charge in [0.1, 0.15) is 0 Å². The number of nitrogens with zero attached hydrogens (tertiary/aromatic N) is 2. The Hall–Kier alpha value is -1.57. The van der Waals surface area contributed by atoms with Crippen molar-refractivity contribution in [2.75, 3.05) is 7.05 Å². The predicted octanol–water partition coefficient (Wildman–Crippen LogP) is 3.70. The molecule has 0 bridgehead atoms. The second-order valence-electron chi connectivity index (χ2n) is 2.85. The Morgan fingerprint density at radius 1 is 1.47 bits per heavy atom. The second-order valence-corrected chi connectivity index (χ2v) is 2.85. The number of aliphatic imine (C=N–C) groups is 1. The summed E-state index contributed by atoms with van der Waals surface area (Å²) in [5, 5.41) is 0. The summed E-state index contributed by atoms with van der Waals surface area (Å²) in [5.41, 5.74) is 3.09. The van der Waals surface area contributed by atoms with Crippen LogP contribution in [0.4, 0.5) is 0 Å². The molecule has 0 aliphatic carbocycles. The monoisotopic (exact) mass is 204 g/mol. The lowest BCUT2D eigenvalue weighted by Gasteiger charge is -2.04. The van der Waals surface area contributed by atoms with Gasteiger partial charge in [0.25, 0.3) is 0 Å². The molecule has 0 atom stereocenters. The molecule has 0 spiro atoms. The molecule has 15 heavy (non-hydrogen) atoms. The van der Waals surface area contributed by atoms with Crippen LogP contribution in [0.3, 0.4) is 0 Å². The van der Waals surface area contributed by atoms with Crippen molar-refractivity contribution < 1.29 is 0 Å². The van der Waals surface area contributed by atoms with Gasteiger partial charge in [0, 0.05) is 30.7 Å². The molecule has 82 valence electrons. The van der Waals surface area contributed by atoms with Gasteiger partial charge in [-0.1, -0.05) is 27.0 Å². The molecule has 1 aromatic heterocycles. The average Bonchev–Trinajstić information content (AvgIpc) is 2.64. The highest BCUT2D eigenvalue weighted by Gasteiger charge is 2.03. The standard InChI is InChI=1S/C11H14N2.C2H6/c1-5-11-10(8-12-4)6-7-13(11)9(2)3;1-2/h5-8H,1-2H2,3-4H3;1-2H3. The van der Waals surface area contributed by atoms with E-state index in [0.717, 1.165) is 17.0 Å². The summed E-state index contributed by atoms with van der Waals surface area (Å²) in [6, 6.07) is 2.00. The lowest BCUT2D eigenvalue weighted by Crippen LogP contribution is -1.94. The van der Waals surface area contributed by atoms with Crippen LogP contribution < -0.4 is 0 Å². The molecule has 0 radical (unpaired) electrons. The first-order valence-corrected chi connectivity index (χ1v) is 5.12. The van der Waals surface area contributed by atoms with Gasteiger partial charge in [0.2, 0.25) is 0 Å². The first-order valence-electron chi connectivity index (χ1n) is 5.12. The molecule has 2 nitrogen and oxygen atoms in total. The third-order valence-electron chi connectivity index (χ3n) is 1.83. The Kier molecular flexibility index (Phi) is 6.11. The van der Waals surface area contributed by atoms with Gasteiger partial charge in [-0.15, -0.1) is 0 Å². The molecule has 1 aromatic rings. The summed E-state index contributed by atoms with van der Waals surface area (Å²) in [7, 11) is 1.75. The van der Waals surface area contributed by atoms with Crippen molar-refractivity contribution in [1.29, 1.82) is 0 Å². The van der Waals surface area contributed by atoms with Gasteiger partial charge in [-0.3, -0.25) is 4.99 Å². The van der Waals surface area contributed by atoms with Gasteiger partial charge in [0.05, 0.1) is 5.69 Å². The molecule has 0 aliphatic rings. The SMILES string of the molecule is C=Cc1c(C=NC)ccn1C(=C)C.CC. The maximum absolute atomic E-state index is 3.97. The van der Waals surface area contributed by atoms with E-state index in [1.54, 1.807) is 7.05 Å². The minimum atomic E-state index is 0.977. The molecule has 0 fully saturated rings. The molecule has 0 saturated heterocycles. The van der Waals surface area contributed by atoms with Gasteiger partial charge in [0.15, 0.2) is 0 Å². The Balaban J connectivity index is 0.000000921. The Morgan fingerprint density at radius 2 is 2.07 bits per heavy atom. The summed E-state index contributed by atoms with van der Waals surface area (Å²) in [6.45, 7) is 13.6. The van der Waals surface area contributed by atoms with Gasteiger partial charge in [-0.25, -0.2) is 0 Å². The van der Waals surface area contributed by atoms with E-state index < -0.39 is 0 Å². The molecule has 1 rings (SSSR count). The fraction of sp³-hybridized carbons (Fsp3) is 0.308. The van der Waals surface area contributed by atoms with Crippen LogP contribution in [-0.2, 0) is 0 Å². The summed E-state index contributed by atoms with van der Waals surface area (Å²) in [4.78, 5) is 3.97. The third kappa shape index (κ3) is 3.24. The molecule has 2 heteroatoms. The highest BCUT2D eigenvalue weighted by molar-refractivity contribution is 5.85. The van der Waals surface area contributed by atoms with Gasteiger partial charge < -0.3 is 4.57 Å². The van der Waals surface area contributed by atoms with Crippen molar-refractivity contribution in [2.24, 2.45) is 4.99 Å². The molecule has 1 heterocycles. The number of aromatic nitrogens is 1. The fourth-order valence-corrected chi connectivity index (χ4v) is 1.26. The van der Waals surface area contributed by atoms with Crippen molar-refractivity contribution in [3.63, 3.8) is 0 Å². The topological polar surface area (TPSA) is 17.3 Å². The van der Waals surface area contributed by atoms with Gasteiger partial charge in [-0.05, 0) is 19.1 Å². The number of rotatable bonds is 3. The normalized spacial score (nSPS) is 9.60. The number of allylic oxidation sites excluding steroid dienone is 1. The van der Waals surface area contributed by atoms with Gasteiger partial charge in [-0.2, -0.15) is 0 Å². The highest BCUT2D eigenvalue weighted by atomic mass is 15.0. The van der Waals surface area contributed by atoms with E-state index in [1.165, 1.54) is 0 Å². The maximum Gasteiger partial charge on any atom is 0.0534 e. The Morgan fingerprint density at radius 3 is 2.47 bits per heavy atom. The van der Waals surface area contributed by atoms with Crippen LogP contribution in [-0.4, -0.2) is 17.8 Å². The van der Waals surface area contributed by atoms with Crippen molar-refractivity contribution in [2.45, 2.75) is 20.8 Å². The summed E-state index contributed by atoms with van der Waals surface area (Å²) in [5.74, 6) is 0. The molecular formula is C13H20N2. The van der Waals surface area contributed by atoms with Gasteiger partial charge >= 0.3 is 0 Å². The number of hydrogen-bond acceptors (Lipinski definition) is 1. The lowest BCUT2D eigenvalue weighted by molar-refractivity contribution is 1.09. The smallest absolute Gasteiger partial charge is 0.0534 e. The molecule has 0 N–H and O–H groups in total. The van der Waals surface area contributed by atoms with Crippen LogP contribution in [0, 0.1) is 0 Å². The van der Waals surface area contributed by atoms with E-state index in [1.807, 2.05) is 49.9 Å². The van der Waals surface area contributed by atoms with Crippen molar-refractivity contribution >= 4 is 18.0 Å². The molecule has 0 amide bonds. The summed E-state index contributed by atoms with van der Waals surface area (Å²) >= 11 is 0. The summed E-state index contributed by atoms with van der Waals surface area (Å²) in [6.07, 6.45) is 5.60. The van der Waals surface area contributed by atoms with Crippen molar-refractivity contribution in [1.82, 2.24) is 4.57 Å². The first-order chi connectivity index (χ1) is 7.20. The highest BCUT2D eigenvalue weighted by Crippen LogP contribution is 2.14. The molecule has 0 aliphatic heterocycles. The lowest BCUT2D eigenvalue weighted by atomic mass is 10.2. The van der Waals surface area contributed by atoms with Crippen LogP contribution >= 0.6 is 0 Å². The fourth-order valence-electron chi connectivity index (χ4n) is 1.26. The van der Waals surface area contributed by atoms with E-state index in [4.69, 9.17) is 0 Å². The van der Waals surface area contributed by atoms with Crippen LogP contribution in [0.15, 0.2) is 30.4 Å². The van der Waals surface area contributed by atoms with Crippen LogP contribution in [0.25, 0.3) is 11.8 Å². The first kappa shape index (κ1) is 13.4. The van der Waals surface area contributed by atoms with Crippen LogP contribution in [0.5, 0.6) is 0 Å². The average molecular weight is 204 g/mol. The minimum absolute atomic E-state index is 0.977. The zero-order valence-electron chi connectivity index (χ0n) is 10.1. The quantitative estimate of drug-likeness (QED) is 0.668.